The molecule has 2 nitrogen and oxygen atoms in total. The van der Waals surface area contributed by atoms with Crippen molar-refractivity contribution in [2.75, 3.05) is 6.61 Å². The number of nitrogens with zero attached hydrogens (tertiary/aromatic N) is 1. The van der Waals surface area contributed by atoms with Crippen molar-refractivity contribution in [3.05, 3.63) is 0 Å². The Hall–Kier alpha value is -0.550. The van der Waals surface area contributed by atoms with Gasteiger partial charge in [0.15, 0.2) is 0 Å². The molecule has 0 aromatic carbocycles. The van der Waals surface area contributed by atoms with E-state index in [4.69, 9.17) is 10.00 Å². The van der Waals surface area contributed by atoms with Gasteiger partial charge in [0.05, 0.1) is 18.8 Å². The molecule has 1 rings (SSSR count). The van der Waals surface area contributed by atoms with E-state index < -0.39 is 0 Å². The second kappa shape index (κ2) is 2.00. The van der Waals surface area contributed by atoms with Crippen molar-refractivity contribution in [3.63, 3.8) is 0 Å². The predicted octanol–water partition coefficient (Wildman–Crippen LogP) is 1.33. The minimum Gasteiger partial charge on any atom is -0.375 e. The van der Waals surface area contributed by atoms with E-state index in [1.807, 2.05) is 13.8 Å². The highest BCUT2D eigenvalue weighted by molar-refractivity contribution is 5.07. The van der Waals surface area contributed by atoms with Gasteiger partial charge < -0.3 is 4.74 Å². The summed E-state index contributed by atoms with van der Waals surface area (Å²) in [5.41, 5.74) is -0.153. The highest BCUT2D eigenvalue weighted by Crippen LogP contribution is 2.36. The lowest BCUT2D eigenvalue weighted by Crippen LogP contribution is -2.48. The molecule has 2 heteroatoms. The third-order valence-corrected chi connectivity index (χ3v) is 2.22. The lowest BCUT2D eigenvalue weighted by molar-refractivity contribution is -0.146. The summed E-state index contributed by atoms with van der Waals surface area (Å²) in [5.74, 6) is 0. The van der Waals surface area contributed by atoms with E-state index in [0.717, 1.165) is 6.42 Å². The molecule has 0 N–H and O–H groups in total. The maximum atomic E-state index is 8.68. The summed E-state index contributed by atoms with van der Waals surface area (Å²) in [4.78, 5) is 0. The first-order valence-corrected chi connectivity index (χ1v) is 3.28. The largest absolute Gasteiger partial charge is 0.375 e. The Labute approximate surface area is 55.4 Å². The molecule has 0 saturated carbocycles. The zero-order valence-corrected chi connectivity index (χ0v) is 5.85. The minimum absolute atomic E-state index is 0.146. The van der Waals surface area contributed by atoms with Gasteiger partial charge in [0.1, 0.15) is 5.41 Å². The first kappa shape index (κ1) is 6.57. The second-order valence-electron chi connectivity index (χ2n) is 2.57. The summed E-state index contributed by atoms with van der Waals surface area (Å²) in [6.07, 6.45) is 1.05. The van der Waals surface area contributed by atoms with E-state index in [1.165, 1.54) is 0 Å². The molecule has 0 bridgehead atoms. The van der Waals surface area contributed by atoms with Crippen molar-refractivity contribution in [2.24, 2.45) is 5.41 Å². The Morgan fingerprint density at radius 1 is 1.89 bits per heavy atom. The van der Waals surface area contributed by atoms with Crippen molar-refractivity contribution in [1.29, 1.82) is 5.26 Å². The zero-order chi connectivity index (χ0) is 6.91. The molecule has 1 aliphatic heterocycles. The molecule has 1 aliphatic rings. The van der Waals surface area contributed by atoms with Crippen molar-refractivity contribution in [2.45, 2.75) is 26.4 Å². The van der Waals surface area contributed by atoms with Crippen LogP contribution in [0.15, 0.2) is 0 Å². The van der Waals surface area contributed by atoms with Crippen molar-refractivity contribution in [3.8, 4) is 6.07 Å². The molecule has 2 atom stereocenters. The summed E-state index contributed by atoms with van der Waals surface area (Å²) in [5, 5.41) is 8.68. The SMILES string of the molecule is CCC1(C#N)COC1C. The van der Waals surface area contributed by atoms with Gasteiger partial charge in [-0.3, -0.25) is 0 Å². The van der Waals surface area contributed by atoms with Crippen molar-refractivity contribution >= 4 is 0 Å². The van der Waals surface area contributed by atoms with Gasteiger partial charge in [-0.25, -0.2) is 0 Å². The van der Waals surface area contributed by atoms with Crippen LogP contribution in [0.4, 0.5) is 0 Å². The van der Waals surface area contributed by atoms with Crippen LogP contribution in [-0.4, -0.2) is 12.7 Å². The summed E-state index contributed by atoms with van der Waals surface area (Å²) in [6, 6.07) is 2.29. The molecule has 1 fully saturated rings. The van der Waals surface area contributed by atoms with Crippen LogP contribution < -0.4 is 0 Å². The number of nitriles is 1. The van der Waals surface area contributed by atoms with Crippen LogP contribution in [0, 0.1) is 16.7 Å². The van der Waals surface area contributed by atoms with Gasteiger partial charge in [-0.05, 0) is 13.3 Å². The fourth-order valence-electron chi connectivity index (χ4n) is 1.04. The van der Waals surface area contributed by atoms with Crippen LogP contribution in [0.3, 0.4) is 0 Å². The molecular weight excluding hydrogens is 114 g/mol. The summed E-state index contributed by atoms with van der Waals surface area (Å²) in [6.45, 7) is 4.61. The zero-order valence-electron chi connectivity index (χ0n) is 5.85. The number of hydrogen-bond acceptors (Lipinski definition) is 2. The van der Waals surface area contributed by atoms with Crippen LogP contribution >= 0.6 is 0 Å². The molecule has 0 aliphatic carbocycles. The average molecular weight is 125 g/mol. The maximum absolute atomic E-state index is 8.68. The van der Waals surface area contributed by atoms with Crippen LogP contribution in [-0.2, 0) is 4.74 Å². The van der Waals surface area contributed by atoms with Crippen LogP contribution in [0.2, 0.25) is 0 Å². The second-order valence-corrected chi connectivity index (χ2v) is 2.57. The van der Waals surface area contributed by atoms with Gasteiger partial charge in [-0.15, -0.1) is 0 Å². The molecule has 1 saturated heterocycles. The Bertz CT molecular complexity index is 145. The first-order chi connectivity index (χ1) is 4.25. The smallest absolute Gasteiger partial charge is 0.106 e. The van der Waals surface area contributed by atoms with Gasteiger partial charge in [0.25, 0.3) is 0 Å². The topological polar surface area (TPSA) is 33.0 Å². The first-order valence-electron chi connectivity index (χ1n) is 3.28. The van der Waals surface area contributed by atoms with E-state index in [9.17, 15) is 0 Å². The van der Waals surface area contributed by atoms with E-state index >= 15 is 0 Å². The lowest BCUT2D eigenvalue weighted by Gasteiger charge is -2.41. The molecule has 0 spiro atoms. The Morgan fingerprint density at radius 2 is 2.56 bits per heavy atom. The Morgan fingerprint density at radius 3 is 2.56 bits per heavy atom. The fraction of sp³-hybridized carbons (Fsp3) is 0.857. The summed E-state index contributed by atoms with van der Waals surface area (Å²) in [7, 11) is 0. The molecule has 9 heavy (non-hydrogen) atoms. The van der Waals surface area contributed by atoms with Gasteiger partial charge in [-0.1, -0.05) is 6.92 Å². The third kappa shape index (κ3) is 0.727. The van der Waals surface area contributed by atoms with Crippen LogP contribution in [0.5, 0.6) is 0 Å². The molecule has 1 heterocycles. The minimum atomic E-state index is -0.153. The fourth-order valence-corrected chi connectivity index (χ4v) is 1.04. The van der Waals surface area contributed by atoms with Gasteiger partial charge in [0, 0.05) is 0 Å². The average Bonchev–Trinajstić information content (AvgIpc) is 1.89. The Balaban J connectivity index is 2.61. The molecule has 2 unspecified atom stereocenters. The quantitative estimate of drug-likeness (QED) is 0.529. The van der Waals surface area contributed by atoms with Gasteiger partial charge >= 0.3 is 0 Å². The predicted molar refractivity (Wildman–Crippen MR) is 33.8 cm³/mol. The molecule has 50 valence electrons. The van der Waals surface area contributed by atoms with Crippen LogP contribution in [0.25, 0.3) is 0 Å². The lowest BCUT2D eigenvalue weighted by atomic mass is 9.78. The number of ether oxygens (including phenoxy) is 1. The number of hydrogen-bond donors (Lipinski definition) is 0. The van der Waals surface area contributed by atoms with Crippen LogP contribution in [0.1, 0.15) is 20.3 Å². The van der Waals surface area contributed by atoms with Gasteiger partial charge in [0.2, 0.25) is 0 Å². The highest BCUT2D eigenvalue weighted by Gasteiger charge is 2.44. The molecular formula is C7H11NO. The summed E-state index contributed by atoms with van der Waals surface area (Å²) < 4.78 is 5.11. The molecule has 0 aromatic heterocycles. The van der Waals surface area contributed by atoms with E-state index in [2.05, 4.69) is 6.07 Å². The van der Waals surface area contributed by atoms with Gasteiger partial charge in [-0.2, -0.15) is 5.26 Å². The number of rotatable bonds is 1. The van der Waals surface area contributed by atoms with E-state index in [1.54, 1.807) is 0 Å². The third-order valence-electron chi connectivity index (χ3n) is 2.22. The normalized spacial score (nSPS) is 41.2. The highest BCUT2D eigenvalue weighted by atomic mass is 16.5. The standard InChI is InChI=1S/C7H11NO/c1-3-7(4-8)5-9-6(7)2/h6H,3,5H2,1-2H3. The maximum Gasteiger partial charge on any atom is 0.106 e. The Kier molecular flexibility index (Phi) is 1.46. The molecule has 0 amide bonds. The molecule has 0 radical (unpaired) electrons. The van der Waals surface area contributed by atoms with E-state index in [-0.39, 0.29) is 11.5 Å². The van der Waals surface area contributed by atoms with Crippen molar-refractivity contribution in [1.82, 2.24) is 0 Å². The summed E-state index contributed by atoms with van der Waals surface area (Å²) >= 11 is 0. The molecule has 0 aromatic rings. The van der Waals surface area contributed by atoms with Crippen molar-refractivity contribution < 1.29 is 4.74 Å². The van der Waals surface area contributed by atoms with E-state index in [0.29, 0.717) is 6.61 Å². The monoisotopic (exact) mass is 125 g/mol.